The number of nitrogens with one attached hydrogen (secondary N) is 2. The summed E-state index contributed by atoms with van der Waals surface area (Å²) in [7, 11) is -36.0. The minimum absolute atomic E-state index is 0.00949. The van der Waals surface area contributed by atoms with Crippen molar-refractivity contribution in [1.29, 1.82) is 0 Å². The number of rotatable bonds is 35. The van der Waals surface area contributed by atoms with Crippen LogP contribution in [0.5, 0.6) is 0 Å². The second-order valence-corrected chi connectivity index (χ2v) is 31.9. The van der Waals surface area contributed by atoms with Crippen molar-refractivity contribution in [3.63, 3.8) is 0 Å². The molecular weight excluding hydrogens is 1510 g/mol. The lowest BCUT2D eigenvalue weighted by Gasteiger charge is -2.41. The molecule has 4 aromatic heterocycles. The molecule has 4 aliphatic heterocycles. The summed E-state index contributed by atoms with van der Waals surface area (Å²) in [5.74, 6) is -4.54. The smallest absolute Gasteiger partial charge is 0.274 e. The topological polar surface area (TPSA) is 750 Å². The number of aromatic nitrogens is 8. The van der Waals surface area contributed by atoms with E-state index in [2.05, 4.69) is 76.3 Å². The largest absolute Gasteiger partial charge is 0.790 e. The van der Waals surface area contributed by atoms with Gasteiger partial charge in [-0.3, -0.25) is 46.6 Å². The molecule has 0 aliphatic carbocycles. The number of phosphoric acid groups is 6. The second kappa shape index (κ2) is 32.7. The first kappa shape index (κ1) is 81.5. The molecule has 3 saturated heterocycles. The van der Waals surface area contributed by atoms with Crippen LogP contribution in [-0.2, 0) is 96.5 Å². The van der Waals surface area contributed by atoms with Crippen molar-refractivity contribution in [2.45, 2.75) is 119 Å². The lowest BCUT2D eigenvalue weighted by atomic mass is 9.87. The first-order chi connectivity index (χ1) is 46.9. The summed E-state index contributed by atoms with van der Waals surface area (Å²) >= 11 is 0.663. The molecule has 0 radical (unpaired) electrons. The van der Waals surface area contributed by atoms with E-state index in [1.54, 1.807) is 0 Å². The van der Waals surface area contributed by atoms with Crippen LogP contribution in [0.1, 0.15) is 46.1 Å². The highest BCUT2D eigenvalue weighted by Gasteiger charge is 2.52. The Labute approximate surface area is 571 Å². The van der Waals surface area contributed by atoms with Gasteiger partial charge in [0.25, 0.3) is 31.3 Å². The van der Waals surface area contributed by atoms with Crippen molar-refractivity contribution in [2.24, 2.45) is 17.1 Å². The summed E-state index contributed by atoms with van der Waals surface area (Å²) < 4.78 is 129. The van der Waals surface area contributed by atoms with Crippen molar-refractivity contribution in [2.75, 3.05) is 56.7 Å². The SMILES string of the molecule is CCC(C(=O)SCCNC(=O)CCNC(=O)C(O)C(C)(C)COP(=O)([O-])OP(=O)([O-])OCC1OC(n2cnc3c(N)ncnc32)C(O)C1OP(=O)([O-])[O-])C1C(C(N)=O)=CC=CN1[C@@H]1O[C@H](COP(=O)([O-])OP(=O)([O-])OC[C@H]2O[C@@H](n3cnc4c(N)ncnc43)[C@H](OP(=O)([O-])[O-])[C@@H]2O)[C@@H](O)[C@H]1O. The number of hydrogen-bond donors (Lipinski definition) is 10. The van der Waals surface area contributed by atoms with Crippen molar-refractivity contribution in [3.8, 4) is 0 Å². The number of hydrogen-bond acceptors (Lipinski definition) is 44. The van der Waals surface area contributed by atoms with Gasteiger partial charge in [0, 0.05) is 42.5 Å². The normalized spacial score (nSPS) is 28.1. The molecule has 4 aliphatic rings. The molecule has 13 N–H and O–H groups in total. The number of primary amides is 1. The molecule has 48 nitrogen and oxygen atoms in total. The van der Waals surface area contributed by atoms with Crippen molar-refractivity contribution >= 4 is 115 Å². The van der Waals surface area contributed by atoms with Gasteiger partial charge in [0.2, 0.25) is 17.7 Å². The number of imidazole rings is 2. The number of aliphatic hydroxyl groups excluding tert-OH is 5. The molecule has 19 atom stereocenters. The molecule has 101 heavy (non-hydrogen) atoms. The maximum absolute atomic E-state index is 13.9. The summed E-state index contributed by atoms with van der Waals surface area (Å²) in [5.41, 5.74) is 14.9. The number of anilines is 2. The summed E-state index contributed by atoms with van der Waals surface area (Å²) in [6, 6.07) is -1.36. The lowest BCUT2D eigenvalue weighted by molar-refractivity contribution is -0.349. The number of nitrogens with two attached hydrogens (primary N) is 3. The summed E-state index contributed by atoms with van der Waals surface area (Å²) in [6.07, 6.45) is -18.3. The zero-order valence-electron chi connectivity index (χ0n) is 52.0. The van der Waals surface area contributed by atoms with Crippen LogP contribution < -0.4 is 67.0 Å². The van der Waals surface area contributed by atoms with E-state index in [9.17, 15) is 111 Å². The van der Waals surface area contributed by atoms with Gasteiger partial charge in [-0.1, -0.05) is 32.5 Å². The van der Waals surface area contributed by atoms with Crippen LogP contribution in [-0.4, -0.2) is 211 Å². The number of fused-ring (bicyclic) bond motifs is 2. The number of carbonyl (C=O) groups is 4. The predicted octanol–water partition coefficient (Wildman–Crippen LogP) is -8.90. The summed E-state index contributed by atoms with van der Waals surface area (Å²) in [6.45, 7) is -1.97. The lowest BCUT2D eigenvalue weighted by Crippen LogP contribution is -2.53. The Morgan fingerprint density at radius 1 is 0.653 bits per heavy atom. The molecule has 3 fully saturated rings. The van der Waals surface area contributed by atoms with E-state index in [1.165, 1.54) is 25.3 Å². The Hall–Kier alpha value is -5.17. The third kappa shape index (κ3) is 20.7. The first-order valence-corrected chi connectivity index (χ1v) is 38.7. The van der Waals surface area contributed by atoms with E-state index in [0.717, 1.165) is 53.2 Å². The fraction of sp³-hybridized carbons (Fsp3) is 0.609. The molecular formula is C46H62N14O34P6S-8. The fourth-order valence-electron chi connectivity index (χ4n) is 10.4. The first-order valence-electron chi connectivity index (χ1n) is 29.0. The van der Waals surface area contributed by atoms with Crippen molar-refractivity contribution < 1.29 is 161 Å². The molecule has 8 rings (SSSR count). The van der Waals surface area contributed by atoms with Crippen LogP contribution in [0.4, 0.5) is 11.6 Å². The van der Waals surface area contributed by atoms with E-state index in [1.807, 2.05) is 0 Å². The monoisotopic (exact) mass is 1570 g/mol. The van der Waals surface area contributed by atoms with Gasteiger partial charge in [0.1, 0.15) is 84.7 Å². The number of phosphoric ester groups is 6. The maximum atomic E-state index is 13.9. The van der Waals surface area contributed by atoms with Gasteiger partial charge in [0.15, 0.2) is 46.7 Å². The van der Waals surface area contributed by atoms with Crippen molar-refractivity contribution in [3.05, 3.63) is 49.2 Å². The van der Waals surface area contributed by atoms with Gasteiger partial charge < -0.3 is 148 Å². The number of nitrogens with zero attached hydrogens (tertiary/aromatic N) is 9. The highest BCUT2D eigenvalue weighted by Crippen LogP contribution is 2.58. The number of carbonyl (C=O) groups excluding carboxylic acids is 4. The molecule has 564 valence electrons. The maximum Gasteiger partial charge on any atom is 0.274 e. The number of allylic oxidation sites excluding steroid dienone is 2. The van der Waals surface area contributed by atoms with Crippen LogP contribution in [0.3, 0.4) is 0 Å². The molecule has 0 spiro atoms. The van der Waals surface area contributed by atoms with E-state index in [-0.39, 0.29) is 58.3 Å². The Morgan fingerprint density at radius 3 is 1.68 bits per heavy atom. The van der Waals surface area contributed by atoms with Crippen LogP contribution in [0.15, 0.2) is 49.2 Å². The van der Waals surface area contributed by atoms with E-state index >= 15 is 0 Å². The Morgan fingerprint density at radius 2 is 1.15 bits per heavy atom. The third-order valence-corrected chi connectivity index (χ3v) is 22.2. The van der Waals surface area contributed by atoms with Crippen LogP contribution in [0, 0.1) is 11.3 Å². The minimum Gasteiger partial charge on any atom is -0.790 e. The molecule has 0 bridgehead atoms. The van der Waals surface area contributed by atoms with Gasteiger partial charge in [-0.2, -0.15) is 0 Å². The zero-order chi connectivity index (χ0) is 74.7. The third-order valence-electron chi connectivity index (χ3n) is 15.2. The van der Waals surface area contributed by atoms with Gasteiger partial charge in [-0.15, -0.1) is 0 Å². The number of thioether (sulfide) groups is 1. The number of nitrogen functional groups attached to an aromatic ring is 2. The highest BCUT2D eigenvalue weighted by molar-refractivity contribution is 8.13. The quantitative estimate of drug-likeness (QED) is 0.0151. The van der Waals surface area contributed by atoms with E-state index < -0.39 is 206 Å². The van der Waals surface area contributed by atoms with Gasteiger partial charge in [-0.05, 0) is 18.6 Å². The molecule has 3 amide bonds. The average Bonchev–Trinajstić information content (AvgIpc) is 1.68. The Bertz CT molecular complexity index is 4050. The molecule has 11 unspecified atom stereocenters. The van der Waals surface area contributed by atoms with Gasteiger partial charge in [0.05, 0.1) is 66.7 Å². The number of aliphatic hydroxyl groups is 5. The Balaban J connectivity index is 0.763. The molecule has 0 saturated carbocycles. The predicted molar refractivity (Wildman–Crippen MR) is 315 cm³/mol. The molecule has 0 aromatic carbocycles. The molecule has 8 heterocycles. The van der Waals surface area contributed by atoms with E-state index in [0.29, 0.717) is 11.8 Å². The van der Waals surface area contributed by atoms with Crippen LogP contribution >= 0.6 is 58.7 Å². The van der Waals surface area contributed by atoms with Crippen LogP contribution in [0.2, 0.25) is 0 Å². The summed E-state index contributed by atoms with van der Waals surface area (Å²) in [5, 5.41) is 58.9. The minimum atomic E-state index is -6.08. The molecule has 55 heteroatoms. The van der Waals surface area contributed by atoms with Gasteiger partial charge >= 0.3 is 0 Å². The number of amides is 3. The standard InChI is InChI=1S/C46H70N14O34P6S/c1-4-20(28-21(38(49)67)6-5-10-58(28)42-31(64)29(62)22(88-42)12-84-97(76,77)93-98(78,79)85-13-23-30(63)34(92-96(73,74)75)44(89-23)60-19-57-27-37(48)53-17-55-40(27)60)45(69)101-11-9-50-25(61)7-8-51-41(68)35(66)46(2,3)15-87-100(82,83)94-99(80,81)86-14-24-33(91-95(70,71)72)32(65)43(90-24)59-18-56-26-36(47)52-16-54-39(26)59/h5-6,10,16-20,22-24,28-35,42-44,62-66H,4,7-9,11-15H2,1-3H3,(H2,49,67)(H,50,61)(H,51,68)(H,76,77)(H,78,79)(H,80,81)(H,82,83)(H2,47,52,54)(H2,48,53,55)(H2,70,71,72)(H2,73,74,75)/p-8/t20?,22-,23-,24?,28?,29-,30-,31-,32?,33?,34-,35?,42-,43?,44-/m1/s1. The summed E-state index contributed by atoms with van der Waals surface area (Å²) in [4.78, 5) is 174. The Kier molecular flexibility index (Phi) is 26.4. The van der Waals surface area contributed by atoms with Gasteiger partial charge in [-0.25, -0.2) is 38.5 Å². The fourth-order valence-corrected chi connectivity index (χ4v) is 16.6. The van der Waals surface area contributed by atoms with Crippen molar-refractivity contribution in [1.82, 2.24) is 54.6 Å². The highest BCUT2D eigenvalue weighted by atomic mass is 32.2. The number of ether oxygens (including phenoxy) is 3. The average molecular weight is 1570 g/mol. The van der Waals surface area contributed by atoms with Crippen LogP contribution in [0.25, 0.3) is 22.3 Å². The second-order valence-electron chi connectivity index (χ2n) is 22.7. The molecule has 4 aromatic rings. The van der Waals surface area contributed by atoms with E-state index in [4.69, 9.17) is 31.4 Å². The zero-order valence-corrected chi connectivity index (χ0v) is 58.2.